The van der Waals surface area contributed by atoms with E-state index in [1.807, 2.05) is 0 Å². The van der Waals surface area contributed by atoms with Crippen molar-refractivity contribution in [3.63, 3.8) is 0 Å². The quantitative estimate of drug-likeness (QED) is 0.836. The van der Waals surface area contributed by atoms with Gasteiger partial charge in [0.2, 0.25) is 0 Å². The van der Waals surface area contributed by atoms with Gasteiger partial charge in [-0.2, -0.15) is 21.2 Å². The van der Waals surface area contributed by atoms with Crippen molar-refractivity contribution in [1.29, 1.82) is 0 Å². The number of aromatic nitrogens is 2. The number of nitrogens with one attached hydrogen (secondary N) is 1. The molecule has 90 valence electrons. The number of hydrogen-bond donors (Lipinski definition) is 1. The van der Waals surface area contributed by atoms with E-state index in [4.69, 9.17) is 11.6 Å². The third kappa shape index (κ3) is 2.22. The predicted molar refractivity (Wildman–Crippen MR) is 64.2 cm³/mol. The molecule has 0 aliphatic carbocycles. The van der Waals surface area contributed by atoms with Gasteiger partial charge >= 0.3 is 0 Å². The van der Waals surface area contributed by atoms with Crippen LogP contribution in [0.3, 0.4) is 0 Å². The number of hydrogen-bond acceptors (Lipinski definition) is 4. The molecule has 1 aliphatic heterocycles. The van der Waals surface area contributed by atoms with E-state index in [2.05, 4.69) is 10.2 Å². The van der Waals surface area contributed by atoms with Crippen molar-refractivity contribution >= 4 is 33.4 Å². The van der Waals surface area contributed by atoms with Crippen LogP contribution in [-0.4, -0.2) is 47.5 Å². The van der Waals surface area contributed by atoms with E-state index in [-0.39, 0.29) is 10.9 Å². The summed E-state index contributed by atoms with van der Waals surface area (Å²) in [6.45, 7) is 1.10. The Bertz CT molecular complexity index is 454. The van der Waals surface area contributed by atoms with Crippen LogP contribution in [0.4, 0.5) is 0 Å². The zero-order chi connectivity index (χ0) is 11.6. The first-order chi connectivity index (χ1) is 7.66. The molecule has 0 aromatic carbocycles. The lowest BCUT2D eigenvalue weighted by Crippen LogP contribution is -2.38. The fourth-order valence-corrected chi connectivity index (χ4v) is 4.50. The Labute approximate surface area is 104 Å². The normalized spacial score (nSPS) is 18.8. The lowest BCUT2D eigenvalue weighted by atomic mass is 10.4. The summed E-state index contributed by atoms with van der Waals surface area (Å²) >= 11 is 7.44. The molecule has 2 rings (SSSR count). The van der Waals surface area contributed by atoms with Crippen molar-refractivity contribution in [3.8, 4) is 0 Å². The Morgan fingerprint density at radius 1 is 1.50 bits per heavy atom. The van der Waals surface area contributed by atoms with Crippen molar-refractivity contribution in [2.45, 2.75) is 10.9 Å². The fraction of sp³-hybridized carbons (Fsp3) is 0.625. The van der Waals surface area contributed by atoms with E-state index in [1.54, 1.807) is 11.8 Å². The molecule has 1 N–H and O–H groups in total. The minimum Gasteiger partial charge on any atom is -0.266 e. The average molecular weight is 282 g/mol. The summed E-state index contributed by atoms with van der Waals surface area (Å²) in [4.78, 5) is 0. The van der Waals surface area contributed by atoms with Crippen LogP contribution in [0, 0.1) is 0 Å². The first-order valence-corrected chi connectivity index (χ1v) is 7.95. The van der Waals surface area contributed by atoms with Gasteiger partial charge in [-0.1, -0.05) is 0 Å². The van der Waals surface area contributed by atoms with Gasteiger partial charge in [-0.3, -0.25) is 5.10 Å². The van der Waals surface area contributed by atoms with E-state index in [1.165, 1.54) is 10.5 Å². The lowest BCUT2D eigenvalue weighted by molar-refractivity contribution is 0.440. The molecular weight excluding hydrogens is 270 g/mol. The summed E-state index contributed by atoms with van der Waals surface area (Å²) in [5.74, 6) is 1.82. The molecule has 0 saturated carbocycles. The molecule has 5 nitrogen and oxygen atoms in total. The second-order valence-corrected chi connectivity index (χ2v) is 6.74. The van der Waals surface area contributed by atoms with E-state index in [9.17, 15) is 8.42 Å². The smallest absolute Gasteiger partial charge is 0.260 e. The van der Waals surface area contributed by atoms with Gasteiger partial charge in [0, 0.05) is 30.2 Å². The Kier molecular flexibility index (Phi) is 3.78. The van der Waals surface area contributed by atoms with E-state index in [0.29, 0.717) is 18.7 Å². The van der Waals surface area contributed by atoms with Gasteiger partial charge in [-0.25, -0.2) is 8.42 Å². The Morgan fingerprint density at radius 3 is 2.81 bits per heavy atom. The summed E-state index contributed by atoms with van der Waals surface area (Å²) in [7, 11) is -3.44. The molecule has 0 amide bonds. The van der Waals surface area contributed by atoms with Crippen LogP contribution in [0.25, 0.3) is 0 Å². The van der Waals surface area contributed by atoms with Gasteiger partial charge < -0.3 is 0 Å². The summed E-state index contributed by atoms with van der Waals surface area (Å²) in [5, 5.41) is 6.39. The summed E-state index contributed by atoms with van der Waals surface area (Å²) in [6, 6.07) is 0. The van der Waals surface area contributed by atoms with Crippen LogP contribution < -0.4 is 0 Å². The molecule has 1 aliphatic rings. The minimum atomic E-state index is -3.44. The van der Waals surface area contributed by atoms with E-state index < -0.39 is 10.0 Å². The molecule has 1 aromatic rings. The number of sulfonamides is 1. The molecule has 0 unspecified atom stereocenters. The Hall–Kier alpha value is -0.240. The Morgan fingerprint density at radius 2 is 2.19 bits per heavy atom. The summed E-state index contributed by atoms with van der Waals surface area (Å²) in [6.07, 6.45) is 1.46. The highest BCUT2D eigenvalue weighted by molar-refractivity contribution is 7.99. The largest absolute Gasteiger partial charge is 0.266 e. The van der Waals surface area contributed by atoms with Crippen LogP contribution in [0.1, 0.15) is 5.56 Å². The molecule has 0 radical (unpaired) electrons. The van der Waals surface area contributed by atoms with Crippen LogP contribution in [-0.2, 0) is 15.9 Å². The average Bonchev–Trinajstić information content (AvgIpc) is 2.79. The number of rotatable bonds is 3. The Balaban J connectivity index is 2.30. The molecule has 1 aromatic heterocycles. The maximum atomic E-state index is 12.2. The number of alkyl halides is 1. The van der Waals surface area contributed by atoms with E-state index >= 15 is 0 Å². The SMILES string of the molecule is O=S(=O)(c1[nH]ncc1CCl)N1CCSCC1. The van der Waals surface area contributed by atoms with Crippen LogP contribution in [0.15, 0.2) is 11.2 Å². The van der Waals surface area contributed by atoms with Crippen LogP contribution in [0.5, 0.6) is 0 Å². The number of halogens is 1. The number of thioether (sulfide) groups is 1. The first-order valence-electron chi connectivity index (χ1n) is 4.82. The second-order valence-electron chi connectivity index (χ2n) is 3.37. The molecule has 1 saturated heterocycles. The molecule has 1 fully saturated rings. The highest BCUT2D eigenvalue weighted by atomic mass is 35.5. The van der Waals surface area contributed by atoms with Gasteiger partial charge in [0.25, 0.3) is 10.0 Å². The highest BCUT2D eigenvalue weighted by Gasteiger charge is 2.29. The topological polar surface area (TPSA) is 66.1 Å². The molecular formula is C8H12ClN3O2S2. The molecule has 0 spiro atoms. The first kappa shape index (κ1) is 12.2. The summed E-state index contributed by atoms with van der Waals surface area (Å²) < 4.78 is 25.9. The van der Waals surface area contributed by atoms with Gasteiger partial charge in [-0.15, -0.1) is 11.6 Å². The lowest BCUT2D eigenvalue weighted by Gasteiger charge is -2.25. The highest BCUT2D eigenvalue weighted by Crippen LogP contribution is 2.21. The maximum Gasteiger partial charge on any atom is 0.260 e. The maximum absolute atomic E-state index is 12.2. The zero-order valence-electron chi connectivity index (χ0n) is 8.52. The minimum absolute atomic E-state index is 0.134. The van der Waals surface area contributed by atoms with Crippen molar-refractivity contribution in [2.75, 3.05) is 24.6 Å². The summed E-state index contributed by atoms with van der Waals surface area (Å²) in [5.41, 5.74) is 0.528. The van der Waals surface area contributed by atoms with Gasteiger partial charge in [-0.05, 0) is 0 Å². The van der Waals surface area contributed by atoms with Gasteiger partial charge in [0.05, 0.1) is 12.1 Å². The van der Waals surface area contributed by atoms with Gasteiger partial charge in [0.15, 0.2) is 5.03 Å². The van der Waals surface area contributed by atoms with Crippen molar-refractivity contribution in [2.24, 2.45) is 0 Å². The molecule has 8 heteroatoms. The second kappa shape index (κ2) is 4.95. The van der Waals surface area contributed by atoms with Crippen molar-refractivity contribution < 1.29 is 8.42 Å². The molecule has 2 heterocycles. The van der Waals surface area contributed by atoms with Crippen molar-refractivity contribution in [1.82, 2.24) is 14.5 Å². The van der Waals surface area contributed by atoms with Crippen LogP contribution in [0.2, 0.25) is 0 Å². The number of H-pyrrole nitrogens is 1. The molecule has 0 atom stereocenters. The third-order valence-electron chi connectivity index (χ3n) is 2.39. The van der Waals surface area contributed by atoms with Gasteiger partial charge in [0.1, 0.15) is 0 Å². The number of nitrogens with zero attached hydrogens (tertiary/aromatic N) is 2. The monoisotopic (exact) mass is 281 g/mol. The third-order valence-corrected chi connectivity index (χ3v) is 5.53. The van der Waals surface area contributed by atoms with E-state index in [0.717, 1.165) is 11.5 Å². The standard InChI is InChI=1S/C8H12ClN3O2S2/c9-5-7-6-10-11-8(7)16(13,14)12-1-3-15-4-2-12/h6H,1-5H2,(H,10,11). The molecule has 16 heavy (non-hydrogen) atoms. The zero-order valence-corrected chi connectivity index (χ0v) is 10.9. The predicted octanol–water partition coefficient (Wildman–Crippen LogP) is 0.886. The van der Waals surface area contributed by atoms with Crippen LogP contribution >= 0.6 is 23.4 Å². The van der Waals surface area contributed by atoms with Crippen molar-refractivity contribution in [3.05, 3.63) is 11.8 Å². The number of aromatic amines is 1. The fourth-order valence-electron chi connectivity index (χ4n) is 1.53. The molecule has 0 bridgehead atoms.